The minimum Gasteiger partial charge on any atom is -0.331 e. The molecule has 2 unspecified atom stereocenters. The monoisotopic (exact) mass is 386 g/mol. The minimum atomic E-state index is 0.559. The lowest BCUT2D eigenvalue weighted by molar-refractivity contribution is 0.338. The van der Waals surface area contributed by atoms with Gasteiger partial charge < -0.3 is 9.55 Å². The summed E-state index contributed by atoms with van der Waals surface area (Å²) in [6.07, 6.45) is 6.64. The zero-order chi connectivity index (χ0) is 13.4. The van der Waals surface area contributed by atoms with Crippen molar-refractivity contribution in [2.75, 3.05) is 0 Å². The van der Waals surface area contributed by atoms with Crippen molar-refractivity contribution in [3.05, 3.63) is 26.5 Å². The summed E-state index contributed by atoms with van der Waals surface area (Å²) in [5.41, 5.74) is 2.44. The maximum atomic E-state index is 5.58. The topological polar surface area (TPSA) is 20.7 Å². The first-order valence-electron chi connectivity index (χ1n) is 7.06. The lowest BCUT2D eigenvalue weighted by Crippen LogP contribution is -2.16. The Kier molecular flexibility index (Phi) is 3.98. The summed E-state index contributed by atoms with van der Waals surface area (Å²) in [6, 6.07) is 7.12. The Balaban J connectivity index is 2.13. The van der Waals surface area contributed by atoms with Crippen LogP contribution in [0.5, 0.6) is 0 Å². The lowest BCUT2D eigenvalue weighted by Gasteiger charge is -2.23. The Labute approximate surface area is 132 Å². The molecule has 1 aromatic heterocycles. The maximum absolute atomic E-state index is 5.58. The highest BCUT2D eigenvalue weighted by molar-refractivity contribution is 14.1. The summed E-state index contributed by atoms with van der Waals surface area (Å²) in [4.78, 5) is 3.38. The first-order valence-corrected chi connectivity index (χ1v) is 8.55. The van der Waals surface area contributed by atoms with Gasteiger partial charge in [-0.1, -0.05) is 26.2 Å². The smallest absolute Gasteiger partial charge is 0.178 e. The van der Waals surface area contributed by atoms with Crippen LogP contribution >= 0.6 is 34.8 Å². The number of nitrogens with one attached hydrogen (secondary N) is 1. The molecule has 1 aliphatic carbocycles. The van der Waals surface area contributed by atoms with Gasteiger partial charge in [-0.3, -0.25) is 0 Å². The van der Waals surface area contributed by atoms with Crippen LogP contribution in [0.25, 0.3) is 11.0 Å². The van der Waals surface area contributed by atoms with Crippen molar-refractivity contribution >= 4 is 45.8 Å². The number of aromatic nitrogens is 2. The van der Waals surface area contributed by atoms with E-state index in [1.807, 2.05) is 0 Å². The third-order valence-electron chi connectivity index (χ3n) is 4.33. The number of H-pyrrole nitrogens is 1. The van der Waals surface area contributed by atoms with E-state index < -0.39 is 0 Å². The summed E-state index contributed by atoms with van der Waals surface area (Å²) < 4.78 is 4.51. The fraction of sp³-hybridized carbons (Fsp3) is 0.533. The Morgan fingerprint density at radius 2 is 2.05 bits per heavy atom. The molecule has 0 radical (unpaired) electrons. The van der Waals surface area contributed by atoms with Crippen molar-refractivity contribution in [3.8, 4) is 0 Å². The summed E-state index contributed by atoms with van der Waals surface area (Å²) >= 11 is 7.93. The van der Waals surface area contributed by atoms with Crippen molar-refractivity contribution in [1.29, 1.82) is 0 Å². The van der Waals surface area contributed by atoms with Gasteiger partial charge in [0, 0.05) is 9.61 Å². The number of hydrogen-bond donors (Lipinski definition) is 1. The van der Waals surface area contributed by atoms with Gasteiger partial charge in [-0.15, -0.1) is 0 Å². The second kappa shape index (κ2) is 5.56. The predicted octanol–water partition coefficient (Wildman–Crippen LogP) is 5.44. The number of halogens is 1. The molecular formula is C15H19IN2S. The molecule has 0 spiro atoms. The SMILES string of the molecule is CC1CCCCCC1n1c(=S)[nH]c2cc(I)ccc21. The third kappa shape index (κ3) is 2.61. The van der Waals surface area contributed by atoms with Crippen molar-refractivity contribution in [1.82, 2.24) is 9.55 Å². The molecule has 1 aromatic carbocycles. The highest BCUT2D eigenvalue weighted by atomic mass is 127. The number of rotatable bonds is 1. The number of hydrogen-bond acceptors (Lipinski definition) is 1. The van der Waals surface area contributed by atoms with Gasteiger partial charge >= 0.3 is 0 Å². The van der Waals surface area contributed by atoms with Gasteiger partial charge in [-0.2, -0.15) is 0 Å². The van der Waals surface area contributed by atoms with Crippen LogP contribution in [0.1, 0.15) is 45.1 Å². The average molecular weight is 386 g/mol. The number of fused-ring (bicyclic) bond motifs is 1. The molecule has 4 heteroatoms. The van der Waals surface area contributed by atoms with Crippen LogP contribution in [-0.4, -0.2) is 9.55 Å². The molecule has 3 rings (SSSR count). The van der Waals surface area contributed by atoms with Crippen LogP contribution in [0.15, 0.2) is 18.2 Å². The van der Waals surface area contributed by atoms with E-state index in [0.717, 1.165) is 4.77 Å². The molecule has 1 saturated carbocycles. The molecule has 0 saturated heterocycles. The van der Waals surface area contributed by atoms with Crippen molar-refractivity contribution in [2.24, 2.45) is 5.92 Å². The summed E-state index contributed by atoms with van der Waals surface area (Å²) in [7, 11) is 0. The second-order valence-electron chi connectivity index (χ2n) is 5.64. The van der Waals surface area contributed by atoms with E-state index in [2.05, 4.69) is 57.3 Å². The van der Waals surface area contributed by atoms with E-state index in [0.29, 0.717) is 12.0 Å². The zero-order valence-corrected chi connectivity index (χ0v) is 14.1. The molecule has 0 amide bonds. The molecule has 1 N–H and O–H groups in total. The number of imidazole rings is 1. The van der Waals surface area contributed by atoms with Gasteiger partial charge in [-0.05, 0) is 71.8 Å². The zero-order valence-electron chi connectivity index (χ0n) is 11.2. The standard InChI is InChI=1S/C15H19IN2S/c1-10-5-3-2-4-6-13(10)18-14-8-7-11(16)9-12(14)17-15(18)19/h7-10,13H,2-6H2,1H3,(H,17,19). The Bertz CT molecular complexity index is 643. The van der Waals surface area contributed by atoms with E-state index >= 15 is 0 Å². The highest BCUT2D eigenvalue weighted by Crippen LogP contribution is 2.35. The first kappa shape index (κ1) is 13.6. The van der Waals surface area contributed by atoms with E-state index in [9.17, 15) is 0 Å². The molecule has 0 bridgehead atoms. The van der Waals surface area contributed by atoms with Crippen molar-refractivity contribution < 1.29 is 0 Å². The van der Waals surface area contributed by atoms with Gasteiger partial charge in [0.2, 0.25) is 0 Å². The molecule has 1 fully saturated rings. The van der Waals surface area contributed by atoms with Crippen LogP contribution < -0.4 is 0 Å². The second-order valence-corrected chi connectivity index (χ2v) is 7.28. The molecular weight excluding hydrogens is 367 g/mol. The van der Waals surface area contributed by atoms with Crippen LogP contribution in [0, 0.1) is 14.3 Å². The predicted molar refractivity (Wildman–Crippen MR) is 91.1 cm³/mol. The van der Waals surface area contributed by atoms with E-state index in [-0.39, 0.29) is 0 Å². The van der Waals surface area contributed by atoms with Crippen molar-refractivity contribution in [2.45, 2.75) is 45.1 Å². The van der Waals surface area contributed by atoms with Gasteiger partial charge in [0.05, 0.1) is 11.0 Å². The Morgan fingerprint density at radius 1 is 1.26 bits per heavy atom. The van der Waals surface area contributed by atoms with Crippen LogP contribution in [0.3, 0.4) is 0 Å². The fourth-order valence-electron chi connectivity index (χ4n) is 3.29. The molecule has 19 heavy (non-hydrogen) atoms. The fourth-order valence-corrected chi connectivity index (χ4v) is 4.12. The summed E-state index contributed by atoms with van der Waals surface area (Å²) in [5, 5.41) is 0. The quantitative estimate of drug-likeness (QED) is 0.393. The molecule has 102 valence electrons. The minimum absolute atomic E-state index is 0.559. The molecule has 1 heterocycles. The summed E-state index contributed by atoms with van der Waals surface area (Å²) in [6.45, 7) is 2.38. The molecule has 0 aliphatic heterocycles. The van der Waals surface area contributed by atoms with Gasteiger partial charge in [0.1, 0.15) is 0 Å². The maximum Gasteiger partial charge on any atom is 0.178 e. The van der Waals surface area contributed by atoms with Gasteiger partial charge in [-0.25, -0.2) is 0 Å². The normalized spacial score (nSPS) is 24.5. The van der Waals surface area contributed by atoms with E-state index in [1.165, 1.54) is 46.7 Å². The lowest BCUT2D eigenvalue weighted by atomic mass is 9.96. The van der Waals surface area contributed by atoms with Crippen LogP contribution in [0.4, 0.5) is 0 Å². The Hall–Kier alpha value is -0.360. The average Bonchev–Trinajstić information content (AvgIpc) is 2.54. The van der Waals surface area contributed by atoms with E-state index in [4.69, 9.17) is 12.2 Å². The molecule has 1 aliphatic rings. The van der Waals surface area contributed by atoms with E-state index in [1.54, 1.807) is 0 Å². The van der Waals surface area contributed by atoms with Gasteiger partial charge in [0.15, 0.2) is 4.77 Å². The Morgan fingerprint density at radius 3 is 2.89 bits per heavy atom. The number of nitrogens with zero attached hydrogens (tertiary/aromatic N) is 1. The third-order valence-corrected chi connectivity index (χ3v) is 5.30. The molecule has 2 aromatic rings. The molecule has 2 nitrogen and oxygen atoms in total. The number of benzene rings is 1. The van der Waals surface area contributed by atoms with Crippen molar-refractivity contribution in [3.63, 3.8) is 0 Å². The van der Waals surface area contributed by atoms with Crippen LogP contribution in [0.2, 0.25) is 0 Å². The summed E-state index contributed by atoms with van der Waals surface area (Å²) in [5.74, 6) is 0.715. The highest BCUT2D eigenvalue weighted by Gasteiger charge is 2.23. The van der Waals surface area contributed by atoms with Gasteiger partial charge in [0.25, 0.3) is 0 Å². The molecule has 2 atom stereocenters. The van der Waals surface area contributed by atoms with Crippen LogP contribution in [-0.2, 0) is 0 Å². The first-order chi connectivity index (χ1) is 9.16. The number of aromatic amines is 1. The largest absolute Gasteiger partial charge is 0.331 e.